The Labute approximate surface area is 130 Å². The van der Waals surface area contributed by atoms with Crippen molar-refractivity contribution in [3.63, 3.8) is 0 Å². The molecule has 1 saturated carbocycles. The van der Waals surface area contributed by atoms with E-state index in [4.69, 9.17) is 4.74 Å². The molecule has 17 heavy (non-hydrogen) atoms. The van der Waals surface area contributed by atoms with Crippen molar-refractivity contribution in [2.75, 3.05) is 19.7 Å². The van der Waals surface area contributed by atoms with Gasteiger partial charge in [-0.25, -0.2) is 0 Å². The fourth-order valence-corrected chi connectivity index (χ4v) is 2.78. The van der Waals surface area contributed by atoms with Crippen molar-refractivity contribution in [3.05, 3.63) is 0 Å². The Kier molecular flexibility index (Phi) is 7.89. The number of rotatable bonds is 4. The Morgan fingerprint density at radius 3 is 2.59 bits per heavy atom. The van der Waals surface area contributed by atoms with E-state index in [1.54, 1.807) is 4.90 Å². The number of nitrogens with zero attached hydrogens (tertiary/aromatic N) is 1. The summed E-state index contributed by atoms with van der Waals surface area (Å²) in [5.41, 5.74) is 0. The van der Waals surface area contributed by atoms with E-state index in [0.29, 0.717) is 0 Å². The molecule has 1 amide bonds. The van der Waals surface area contributed by atoms with Crippen molar-refractivity contribution in [3.8, 4) is 0 Å². The molecule has 1 heterocycles. The quantitative estimate of drug-likeness (QED) is 0.744. The molecule has 0 aromatic rings. The van der Waals surface area contributed by atoms with Gasteiger partial charge in [0.05, 0.1) is 6.10 Å². The largest absolute Gasteiger partial charge is 0.520 e. The van der Waals surface area contributed by atoms with Crippen LogP contribution in [0.2, 0.25) is 0 Å². The molecule has 0 aromatic heterocycles. The normalized spacial score (nSPS) is 26.4. The first-order valence-electron chi connectivity index (χ1n) is 6.63. The molecule has 1 saturated heterocycles. The minimum absolute atomic E-state index is 0. The van der Waals surface area contributed by atoms with Crippen LogP contribution in [0.4, 0.5) is 0 Å². The fraction of sp³-hybridized carbons (Fsp3) is 0.923. The van der Waals surface area contributed by atoms with Gasteiger partial charge in [-0.05, 0) is 38.1 Å². The molecule has 0 spiro atoms. The molecule has 2 aliphatic rings. The molecule has 0 bridgehead atoms. The fourth-order valence-electron chi connectivity index (χ4n) is 2.78. The van der Waals surface area contributed by atoms with Gasteiger partial charge in [-0.1, -0.05) is 19.3 Å². The van der Waals surface area contributed by atoms with E-state index in [0.717, 1.165) is 38.5 Å². The van der Waals surface area contributed by atoms with Gasteiger partial charge in [0.25, 0.3) is 0 Å². The van der Waals surface area contributed by atoms with Crippen LogP contribution in [-0.2, 0) is 42.2 Å². The standard InChI is InChI=1S/C13H22NO2.Y/c15-11-14-8-4-7-13(9-14)16-10-12-5-2-1-3-6-12;/h12-13H,1-10H2;/q-1;. The van der Waals surface area contributed by atoms with Crippen LogP contribution < -0.4 is 0 Å². The third-order valence-electron chi connectivity index (χ3n) is 3.80. The number of amides is 1. The molecule has 0 aromatic carbocycles. The van der Waals surface area contributed by atoms with Gasteiger partial charge in [-0.2, -0.15) is 6.41 Å². The first-order chi connectivity index (χ1) is 7.88. The summed E-state index contributed by atoms with van der Waals surface area (Å²) in [5, 5.41) is 0. The number of ether oxygens (including phenoxy) is 1. The number of piperidine rings is 1. The van der Waals surface area contributed by atoms with Gasteiger partial charge in [0, 0.05) is 45.9 Å². The van der Waals surface area contributed by atoms with Crippen molar-refractivity contribution in [1.29, 1.82) is 0 Å². The molecule has 3 nitrogen and oxygen atoms in total. The Hall–Kier alpha value is 0.534. The zero-order valence-corrected chi connectivity index (χ0v) is 13.4. The second-order valence-corrected chi connectivity index (χ2v) is 5.14. The van der Waals surface area contributed by atoms with E-state index in [9.17, 15) is 4.79 Å². The average Bonchev–Trinajstić information content (AvgIpc) is 2.38. The predicted molar refractivity (Wildman–Crippen MR) is 62.8 cm³/mol. The van der Waals surface area contributed by atoms with E-state index in [1.165, 1.54) is 32.1 Å². The third kappa shape index (κ3) is 5.36. The molecule has 2 fully saturated rings. The molecule has 1 radical (unpaired) electrons. The van der Waals surface area contributed by atoms with Crippen LogP contribution in [0.5, 0.6) is 0 Å². The van der Waals surface area contributed by atoms with Gasteiger partial charge in [0.15, 0.2) is 0 Å². The summed E-state index contributed by atoms with van der Waals surface area (Å²) in [6.07, 6.45) is 11.2. The number of likely N-dealkylation sites (tertiary alicyclic amines) is 1. The van der Waals surface area contributed by atoms with E-state index >= 15 is 0 Å². The minimum atomic E-state index is 0. The summed E-state index contributed by atoms with van der Waals surface area (Å²) in [6.45, 7) is 2.50. The summed E-state index contributed by atoms with van der Waals surface area (Å²) in [7, 11) is 0. The first-order valence-corrected chi connectivity index (χ1v) is 6.63. The van der Waals surface area contributed by atoms with Crippen LogP contribution in [0.25, 0.3) is 0 Å². The van der Waals surface area contributed by atoms with Crippen LogP contribution >= 0.6 is 0 Å². The Morgan fingerprint density at radius 1 is 1.12 bits per heavy atom. The third-order valence-corrected chi connectivity index (χ3v) is 3.80. The van der Waals surface area contributed by atoms with Gasteiger partial charge < -0.3 is 14.4 Å². The summed E-state index contributed by atoms with van der Waals surface area (Å²) in [4.78, 5) is 12.3. The molecule has 2 rings (SSSR count). The zero-order chi connectivity index (χ0) is 11.2. The molecule has 95 valence electrons. The molecule has 1 aliphatic heterocycles. The van der Waals surface area contributed by atoms with Crippen LogP contribution in [0.1, 0.15) is 44.9 Å². The minimum Gasteiger partial charge on any atom is -0.520 e. The van der Waals surface area contributed by atoms with E-state index in [-0.39, 0.29) is 38.8 Å². The van der Waals surface area contributed by atoms with Crippen molar-refractivity contribution in [2.24, 2.45) is 5.92 Å². The van der Waals surface area contributed by atoms with Gasteiger partial charge in [-0.3, -0.25) is 0 Å². The van der Waals surface area contributed by atoms with Crippen molar-refractivity contribution in [2.45, 2.75) is 51.0 Å². The molecule has 1 atom stereocenters. The van der Waals surface area contributed by atoms with Crippen molar-refractivity contribution < 1.29 is 42.2 Å². The summed E-state index contributed by atoms with van der Waals surface area (Å²) >= 11 is 0. The van der Waals surface area contributed by atoms with Crippen LogP contribution in [-0.4, -0.2) is 37.1 Å². The Bertz CT molecular complexity index is 219. The van der Waals surface area contributed by atoms with Crippen molar-refractivity contribution in [1.82, 2.24) is 4.90 Å². The molecule has 0 N–H and O–H groups in total. The summed E-state index contributed by atoms with van der Waals surface area (Å²) in [5.74, 6) is 0.768. The van der Waals surface area contributed by atoms with Crippen LogP contribution in [0.15, 0.2) is 0 Å². The average molecular weight is 313 g/mol. The Morgan fingerprint density at radius 2 is 1.88 bits per heavy atom. The van der Waals surface area contributed by atoms with Crippen LogP contribution in [0, 0.1) is 5.92 Å². The Balaban J connectivity index is 0.00000144. The monoisotopic (exact) mass is 313 g/mol. The predicted octanol–water partition coefficient (Wildman–Crippen LogP) is 2.11. The number of carbonyl (C=O) groups excluding carboxylic acids is 1. The molecule has 1 aliphatic carbocycles. The van der Waals surface area contributed by atoms with E-state index in [2.05, 4.69) is 0 Å². The second-order valence-electron chi connectivity index (χ2n) is 5.14. The summed E-state index contributed by atoms with van der Waals surface area (Å²) < 4.78 is 5.93. The molecular formula is C13H22NO2Y-. The maximum atomic E-state index is 10.6. The van der Waals surface area contributed by atoms with E-state index in [1.807, 2.05) is 6.41 Å². The van der Waals surface area contributed by atoms with E-state index < -0.39 is 0 Å². The molecular weight excluding hydrogens is 291 g/mol. The number of hydrogen-bond acceptors (Lipinski definition) is 2. The summed E-state index contributed by atoms with van der Waals surface area (Å²) in [6, 6.07) is 0. The maximum Gasteiger partial charge on any atom is 0.0725 e. The smallest absolute Gasteiger partial charge is 0.0725 e. The zero-order valence-electron chi connectivity index (χ0n) is 10.6. The van der Waals surface area contributed by atoms with Gasteiger partial charge in [0.2, 0.25) is 0 Å². The van der Waals surface area contributed by atoms with Crippen molar-refractivity contribution >= 4 is 6.41 Å². The maximum absolute atomic E-state index is 10.6. The number of hydrogen-bond donors (Lipinski definition) is 0. The van der Waals surface area contributed by atoms with Crippen LogP contribution in [0.3, 0.4) is 0 Å². The van der Waals surface area contributed by atoms with Gasteiger partial charge in [-0.15, -0.1) is 0 Å². The van der Waals surface area contributed by atoms with Gasteiger partial charge in [0.1, 0.15) is 0 Å². The topological polar surface area (TPSA) is 29.5 Å². The molecule has 1 unspecified atom stereocenters. The van der Waals surface area contributed by atoms with Gasteiger partial charge >= 0.3 is 0 Å². The molecule has 4 heteroatoms. The SMILES string of the molecule is O=[C-]N1CCCC(OCC2CCCCC2)C1.[Y]. The second kappa shape index (κ2) is 8.60. The first kappa shape index (κ1) is 15.6.